The van der Waals surface area contributed by atoms with Crippen LogP contribution in [0.2, 0.25) is 0 Å². The SMILES string of the molecule is CC(C)P(Nc1ccc(F)cc1)C(C)C. The summed E-state index contributed by atoms with van der Waals surface area (Å²) in [5.41, 5.74) is 2.28. The molecule has 0 aliphatic carbocycles. The molecule has 84 valence electrons. The predicted molar refractivity (Wildman–Crippen MR) is 67.2 cm³/mol. The van der Waals surface area contributed by atoms with E-state index in [9.17, 15) is 4.39 Å². The Bertz CT molecular complexity index is 287. The highest BCUT2D eigenvalue weighted by atomic mass is 31.1. The third-order valence-electron chi connectivity index (χ3n) is 2.22. The lowest BCUT2D eigenvalue weighted by Crippen LogP contribution is -2.10. The molecule has 0 saturated heterocycles. The van der Waals surface area contributed by atoms with Crippen molar-refractivity contribution >= 4 is 13.8 Å². The molecule has 0 spiro atoms. The van der Waals surface area contributed by atoms with Gasteiger partial charge in [0.2, 0.25) is 0 Å². The number of halogens is 1. The Hall–Kier alpha value is -0.620. The summed E-state index contributed by atoms with van der Waals surface area (Å²) >= 11 is 0. The molecule has 0 bridgehead atoms. The largest absolute Gasteiger partial charge is 0.364 e. The molecule has 0 radical (unpaired) electrons. The molecule has 0 atom stereocenters. The van der Waals surface area contributed by atoms with Crippen molar-refractivity contribution in [2.75, 3.05) is 5.09 Å². The first kappa shape index (κ1) is 12.4. The zero-order chi connectivity index (χ0) is 11.4. The lowest BCUT2D eigenvalue weighted by Gasteiger charge is -2.27. The fourth-order valence-corrected chi connectivity index (χ4v) is 3.68. The van der Waals surface area contributed by atoms with Crippen molar-refractivity contribution < 1.29 is 4.39 Å². The molecule has 0 aromatic heterocycles. The van der Waals surface area contributed by atoms with Crippen molar-refractivity contribution in [3.8, 4) is 0 Å². The number of rotatable bonds is 4. The Morgan fingerprint density at radius 1 is 1.00 bits per heavy atom. The zero-order valence-corrected chi connectivity index (χ0v) is 10.7. The van der Waals surface area contributed by atoms with Crippen molar-refractivity contribution in [2.24, 2.45) is 0 Å². The van der Waals surface area contributed by atoms with Crippen LogP contribution in [0.4, 0.5) is 10.1 Å². The third-order valence-corrected chi connectivity index (χ3v) is 4.96. The van der Waals surface area contributed by atoms with Crippen LogP contribution in [-0.4, -0.2) is 11.3 Å². The predicted octanol–water partition coefficient (Wildman–Crippen LogP) is 4.45. The number of nitrogens with one attached hydrogen (secondary N) is 1. The van der Waals surface area contributed by atoms with E-state index >= 15 is 0 Å². The van der Waals surface area contributed by atoms with Gasteiger partial charge in [0.25, 0.3) is 0 Å². The number of hydrogen-bond acceptors (Lipinski definition) is 1. The lowest BCUT2D eigenvalue weighted by molar-refractivity contribution is 0.628. The third kappa shape index (κ3) is 3.79. The summed E-state index contributed by atoms with van der Waals surface area (Å²) < 4.78 is 12.7. The topological polar surface area (TPSA) is 12.0 Å². The van der Waals surface area contributed by atoms with Crippen molar-refractivity contribution in [3.05, 3.63) is 30.1 Å². The van der Waals surface area contributed by atoms with E-state index in [1.807, 2.05) is 0 Å². The van der Waals surface area contributed by atoms with Gasteiger partial charge in [0.15, 0.2) is 0 Å². The van der Waals surface area contributed by atoms with E-state index in [-0.39, 0.29) is 13.9 Å². The van der Waals surface area contributed by atoms with Crippen molar-refractivity contribution in [3.63, 3.8) is 0 Å². The van der Waals surface area contributed by atoms with Gasteiger partial charge >= 0.3 is 0 Å². The summed E-state index contributed by atoms with van der Waals surface area (Å²) in [5, 5.41) is 3.50. The normalized spacial score (nSPS) is 11.5. The van der Waals surface area contributed by atoms with Crippen LogP contribution in [0.3, 0.4) is 0 Å². The van der Waals surface area contributed by atoms with E-state index in [1.165, 1.54) is 12.1 Å². The van der Waals surface area contributed by atoms with Gasteiger partial charge in [0, 0.05) is 5.69 Å². The van der Waals surface area contributed by atoms with Gasteiger partial charge in [-0.3, -0.25) is 0 Å². The van der Waals surface area contributed by atoms with Crippen LogP contribution in [0.5, 0.6) is 0 Å². The van der Waals surface area contributed by atoms with E-state index in [4.69, 9.17) is 0 Å². The van der Waals surface area contributed by atoms with Crippen LogP contribution in [0, 0.1) is 5.82 Å². The summed E-state index contributed by atoms with van der Waals surface area (Å²) in [6.45, 7) is 8.90. The number of anilines is 1. The van der Waals surface area contributed by atoms with Crippen LogP contribution in [0.25, 0.3) is 0 Å². The van der Waals surface area contributed by atoms with Crippen LogP contribution in [-0.2, 0) is 0 Å². The van der Waals surface area contributed by atoms with Crippen molar-refractivity contribution in [1.82, 2.24) is 0 Å². The average Bonchev–Trinajstić information content (AvgIpc) is 2.15. The van der Waals surface area contributed by atoms with Gasteiger partial charge < -0.3 is 5.09 Å². The van der Waals surface area contributed by atoms with Crippen molar-refractivity contribution in [2.45, 2.75) is 39.0 Å². The minimum absolute atomic E-state index is 0.182. The van der Waals surface area contributed by atoms with Gasteiger partial charge in [-0.25, -0.2) is 4.39 Å². The maximum atomic E-state index is 12.7. The van der Waals surface area contributed by atoms with Gasteiger partial charge in [-0.1, -0.05) is 27.7 Å². The summed E-state index contributed by atoms with van der Waals surface area (Å²) in [6.07, 6.45) is 0. The van der Waals surface area contributed by atoms with E-state index < -0.39 is 0 Å². The van der Waals surface area contributed by atoms with Crippen molar-refractivity contribution in [1.29, 1.82) is 0 Å². The first-order chi connectivity index (χ1) is 7.00. The van der Waals surface area contributed by atoms with Gasteiger partial charge in [-0.05, 0) is 43.7 Å². The molecule has 1 nitrogen and oxygen atoms in total. The highest BCUT2D eigenvalue weighted by molar-refractivity contribution is 7.60. The first-order valence-corrected chi connectivity index (χ1v) is 6.79. The Balaban J connectivity index is 2.70. The molecular weight excluding hydrogens is 208 g/mol. The molecule has 1 N–H and O–H groups in total. The summed E-state index contributed by atoms with van der Waals surface area (Å²) in [7, 11) is -0.237. The maximum Gasteiger partial charge on any atom is 0.123 e. The average molecular weight is 227 g/mol. The highest BCUT2D eigenvalue weighted by Gasteiger charge is 2.16. The Morgan fingerprint density at radius 3 is 1.87 bits per heavy atom. The minimum atomic E-state index is -0.237. The lowest BCUT2D eigenvalue weighted by atomic mass is 10.3. The molecule has 0 fully saturated rings. The van der Waals surface area contributed by atoms with E-state index in [2.05, 4.69) is 32.8 Å². The minimum Gasteiger partial charge on any atom is -0.364 e. The standard InChI is InChI=1S/C12H19FNP/c1-9(2)15(10(3)4)14-12-7-5-11(13)6-8-12/h5-10,14H,1-4H3. The van der Waals surface area contributed by atoms with Crippen LogP contribution < -0.4 is 5.09 Å². The fourth-order valence-electron chi connectivity index (χ4n) is 1.53. The molecule has 0 heterocycles. The maximum absolute atomic E-state index is 12.7. The molecule has 3 heteroatoms. The Kier molecular flexibility index (Phi) is 4.53. The van der Waals surface area contributed by atoms with Crippen LogP contribution in [0.1, 0.15) is 27.7 Å². The molecule has 0 aliphatic heterocycles. The van der Waals surface area contributed by atoms with Crippen LogP contribution in [0.15, 0.2) is 24.3 Å². The van der Waals surface area contributed by atoms with Gasteiger partial charge in [-0.2, -0.15) is 0 Å². The summed E-state index contributed by atoms with van der Waals surface area (Å²) in [6, 6.07) is 6.60. The Labute approximate surface area is 92.9 Å². The zero-order valence-electron chi connectivity index (χ0n) is 9.79. The molecule has 15 heavy (non-hydrogen) atoms. The number of hydrogen-bond donors (Lipinski definition) is 1. The van der Waals surface area contributed by atoms with E-state index in [0.29, 0.717) is 11.3 Å². The molecule has 1 aromatic carbocycles. The monoisotopic (exact) mass is 227 g/mol. The molecule has 0 saturated carbocycles. The first-order valence-electron chi connectivity index (χ1n) is 5.31. The second-order valence-corrected chi connectivity index (χ2v) is 7.32. The molecule has 0 unspecified atom stereocenters. The molecule has 1 rings (SSSR count). The van der Waals surface area contributed by atoms with Gasteiger partial charge in [-0.15, -0.1) is 0 Å². The van der Waals surface area contributed by atoms with E-state index in [1.54, 1.807) is 12.1 Å². The molecular formula is C12H19FNP. The second-order valence-electron chi connectivity index (χ2n) is 4.21. The highest BCUT2D eigenvalue weighted by Crippen LogP contribution is 2.45. The quantitative estimate of drug-likeness (QED) is 0.749. The number of benzene rings is 1. The van der Waals surface area contributed by atoms with Crippen LogP contribution >= 0.6 is 8.07 Å². The summed E-state index contributed by atoms with van der Waals surface area (Å²) in [4.78, 5) is 0. The molecule has 1 aromatic rings. The Morgan fingerprint density at radius 2 is 1.47 bits per heavy atom. The summed E-state index contributed by atoms with van der Waals surface area (Å²) in [5.74, 6) is -0.182. The van der Waals surface area contributed by atoms with Gasteiger partial charge in [0.1, 0.15) is 5.82 Å². The van der Waals surface area contributed by atoms with Gasteiger partial charge in [0.05, 0.1) is 0 Å². The second kappa shape index (κ2) is 5.46. The molecule has 0 aliphatic rings. The van der Waals surface area contributed by atoms with E-state index in [0.717, 1.165) is 5.69 Å². The molecule has 0 amide bonds. The fraction of sp³-hybridized carbons (Fsp3) is 0.500. The smallest absolute Gasteiger partial charge is 0.123 e.